The molecular formula is C23H20N6O5. The Morgan fingerprint density at radius 1 is 1.18 bits per heavy atom. The molecule has 0 fully saturated rings. The third-order valence-corrected chi connectivity index (χ3v) is 5.36. The summed E-state index contributed by atoms with van der Waals surface area (Å²) < 4.78 is 13.5. The zero-order chi connectivity index (χ0) is 23.7. The number of hydrogen-bond acceptors (Lipinski definition) is 7. The second kappa shape index (κ2) is 8.70. The van der Waals surface area contributed by atoms with Gasteiger partial charge in [-0.15, -0.1) is 0 Å². The highest BCUT2D eigenvalue weighted by atomic mass is 16.5. The van der Waals surface area contributed by atoms with E-state index in [0.717, 1.165) is 5.69 Å². The van der Waals surface area contributed by atoms with E-state index >= 15 is 0 Å². The summed E-state index contributed by atoms with van der Waals surface area (Å²) in [6.45, 7) is 1.71. The molecule has 2 N–H and O–H groups in total. The maximum Gasteiger partial charge on any atom is 0.338 e. The van der Waals surface area contributed by atoms with Gasteiger partial charge in [0.2, 0.25) is 0 Å². The molecule has 1 atom stereocenters. The predicted molar refractivity (Wildman–Crippen MR) is 120 cm³/mol. The van der Waals surface area contributed by atoms with E-state index in [1.54, 1.807) is 23.7 Å². The lowest BCUT2D eigenvalue weighted by atomic mass is 10.00. The summed E-state index contributed by atoms with van der Waals surface area (Å²) >= 11 is 0. The van der Waals surface area contributed by atoms with Crippen LogP contribution in [0.15, 0.2) is 81.7 Å². The van der Waals surface area contributed by atoms with Gasteiger partial charge < -0.3 is 19.8 Å². The number of rotatable bonds is 6. The SMILES string of the molecule is CCOC(=O)C1=C(Cn2cnc3c(cnn3-c3ccccc3)c2=O)NC(=O)N[C@@H]1c1ccco1. The highest BCUT2D eigenvalue weighted by molar-refractivity contribution is 5.95. The number of urea groups is 1. The number of furan rings is 1. The van der Waals surface area contributed by atoms with Gasteiger partial charge in [0, 0.05) is 0 Å². The third kappa shape index (κ3) is 3.72. The smallest absolute Gasteiger partial charge is 0.338 e. The average molecular weight is 460 g/mol. The molecule has 0 aliphatic carbocycles. The van der Waals surface area contributed by atoms with Gasteiger partial charge in [-0.25, -0.2) is 19.3 Å². The van der Waals surface area contributed by atoms with Crippen molar-refractivity contribution in [2.24, 2.45) is 0 Å². The van der Waals surface area contributed by atoms with Gasteiger partial charge in [0.25, 0.3) is 5.56 Å². The van der Waals surface area contributed by atoms with Crippen molar-refractivity contribution in [3.8, 4) is 5.69 Å². The second-order valence-electron chi connectivity index (χ2n) is 7.47. The number of para-hydroxylation sites is 1. The van der Waals surface area contributed by atoms with Crippen LogP contribution in [0, 0.1) is 0 Å². The van der Waals surface area contributed by atoms with Crippen LogP contribution >= 0.6 is 0 Å². The Kier molecular flexibility index (Phi) is 5.42. The molecule has 172 valence electrons. The van der Waals surface area contributed by atoms with Gasteiger partial charge in [0.05, 0.1) is 42.6 Å². The van der Waals surface area contributed by atoms with Crippen molar-refractivity contribution in [3.63, 3.8) is 0 Å². The Morgan fingerprint density at radius 3 is 2.74 bits per heavy atom. The number of allylic oxidation sites excluding steroid dienone is 1. The molecule has 0 saturated heterocycles. The summed E-state index contributed by atoms with van der Waals surface area (Å²) in [5.74, 6) is -0.272. The molecule has 1 aliphatic rings. The van der Waals surface area contributed by atoms with Crippen LogP contribution in [-0.2, 0) is 16.1 Å². The van der Waals surface area contributed by atoms with Gasteiger partial charge >= 0.3 is 12.0 Å². The number of aromatic nitrogens is 4. The number of fused-ring (bicyclic) bond motifs is 1. The molecule has 5 rings (SSSR count). The first-order chi connectivity index (χ1) is 16.6. The second-order valence-corrected chi connectivity index (χ2v) is 7.47. The quantitative estimate of drug-likeness (QED) is 0.421. The van der Waals surface area contributed by atoms with Crippen molar-refractivity contribution in [3.05, 3.63) is 88.6 Å². The lowest BCUT2D eigenvalue weighted by Gasteiger charge is -2.28. The summed E-state index contributed by atoms with van der Waals surface area (Å²) in [5, 5.41) is 9.90. The van der Waals surface area contributed by atoms with Gasteiger partial charge in [-0.3, -0.25) is 9.36 Å². The van der Waals surface area contributed by atoms with Crippen LogP contribution < -0.4 is 16.2 Å². The first-order valence-electron chi connectivity index (χ1n) is 10.6. The Balaban J connectivity index is 1.58. The number of benzene rings is 1. The standard InChI is InChI=1S/C23H20N6O5/c1-2-33-22(31)18-16(26-23(32)27-19(18)17-9-6-10-34-17)12-28-13-24-20-15(21(28)30)11-25-29(20)14-7-4-3-5-8-14/h3-11,13,19H,2,12H2,1H3,(H2,26,27,32)/t19-/m1/s1. The van der Waals surface area contributed by atoms with E-state index in [4.69, 9.17) is 9.15 Å². The fourth-order valence-corrected chi connectivity index (χ4v) is 3.85. The molecule has 2 amide bonds. The van der Waals surface area contributed by atoms with E-state index in [1.165, 1.54) is 23.4 Å². The van der Waals surface area contributed by atoms with Gasteiger partial charge in [0.15, 0.2) is 5.65 Å². The zero-order valence-electron chi connectivity index (χ0n) is 18.1. The summed E-state index contributed by atoms with van der Waals surface area (Å²) in [6, 6.07) is 11.2. The van der Waals surface area contributed by atoms with Gasteiger partial charge in [-0.1, -0.05) is 18.2 Å². The Labute approximate surface area is 192 Å². The average Bonchev–Trinajstić information content (AvgIpc) is 3.52. The summed E-state index contributed by atoms with van der Waals surface area (Å²) in [5.41, 5.74) is 1.15. The van der Waals surface area contributed by atoms with Crippen molar-refractivity contribution in [2.45, 2.75) is 19.5 Å². The minimum atomic E-state index is -0.869. The summed E-state index contributed by atoms with van der Waals surface area (Å²) in [6.07, 6.45) is 4.25. The van der Waals surface area contributed by atoms with Crippen LogP contribution in [0.2, 0.25) is 0 Å². The van der Waals surface area contributed by atoms with Gasteiger partial charge in [0.1, 0.15) is 23.5 Å². The van der Waals surface area contributed by atoms with E-state index in [1.807, 2.05) is 30.3 Å². The van der Waals surface area contributed by atoms with E-state index in [-0.39, 0.29) is 30.0 Å². The van der Waals surface area contributed by atoms with Crippen LogP contribution in [0.1, 0.15) is 18.7 Å². The molecule has 0 spiro atoms. The normalized spacial score (nSPS) is 15.8. The topological polar surface area (TPSA) is 133 Å². The van der Waals surface area contributed by atoms with E-state index in [0.29, 0.717) is 16.8 Å². The van der Waals surface area contributed by atoms with Crippen molar-refractivity contribution >= 4 is 23.0 Å². The number of hydrogen-bond donors (Lipinski definition) is 2. The Morgan fingerprint density at radius 2 is 2.00 bits per heavy atom. The predicted octanol–water partition coefficient (Wildman–Crippen LogP) is 2.05. The minimum Gasteiger partial charge on any atom is -0.467 e. The molecule has 1 aliphatic heterocycles. The number of nitrogens with zero attached hydrogens (tertiary/aromatic N) is 4. The van der Waals surface area contributed by atoms with Gasteiger partial charge in [-0.2, -0.15) is 5.10 Å². The first kappa shape index (κ1) is 21.2. The van der Waals surface area contributed by atoms with Crippen LogP contribution in [0.25, 0.3) is 16.7 Å². The fourth-order valence-electron chi connectivity index (χ4n) is 3.85. The summed E-state index contributed by atoms with van der Waals surface area (Å²) in [4.78, 5) is 42.9. The zero-order valence-corrected chi connectivity index (χ0v) is 18.1. The van der Waals surface area contributed by atoms with E-state index in [2.05, 4.69) is 20.7 Å². The molecule has 0 saturated carbocycles. The molecule has 4 aromatic rings. The number of carbonyl (C=O) groups is 2. The van der Waals surface area contributed by atoms with Crippen LogP contribution in [0.4, 0.5) is 4.79 Å². The largest absolute Gasteiger partial charge is 0.467 e. The number of ether oxygens (including phenoxy) is 1. The van der Waals surface area contributed by atoms with Crippen LogP contribution in [-0.4, -0.2) is 37.9 Å². The number of amides is 2. The minimum absolute atomic E-state index is 0.114. The fraction of sp³-hybridized carbons (Fsp3) is 0.174. The van der Waals surface area contributed by atoms with Crippen LogP contribution in [0.5, 0.6) is 0 Å². The number of nitrogens with one attached hydrogen (secondary N) is 2. The Hall–Kier alpha value is -4.67. The molecule has 3 aromatic heterocycles. The van der Waals surface area contributed by atoms with Crippen molar-refractivity contribution in [1.82, 2.24) is 30.0 Å². The van der Waals surface area contributed by atoms with E-state index in [9.17, 15) is 14.4 Å². The highest BCUT2D eigenvalue weighted by Gasteiger charge is 2.35. The van der Waals surface area contributed by atoms with Crippen molar-refractivity contribution in [1.29, 1.82) is 0 Å². The third-order valence-electron chi connectivity index (χ3n) is 5.36. The van der Waals surface area contributed by atoms with Crippen molar-refractivity contribution in [2.75, 3.05) is 6.61 Å². The molecule has 11 heteroatoms. The Bertz CT molecular complexity index is 1450. The summed E-state index contributed by atoms with van der Waals surface area (Å²) in [7, 11) is 0. The highest BCUT2D eigenvalue weighted by Crippen LogP contribution is 2.28. The van der Waals surface area contributed by atoms with Crippen LogP contribution in [0.3, 0.4) is 0 Å². The van der Waals surface area contributed by atoms with Gasteiger partial charge in [-0.05, 0) is 31.2 Å². The molecule has 1 aromatic carbocycles. The molecule has 34 heavy (non-hydrogen) atoms. The molecule has 11 nitrogen and oxygen atoms in total. The molecular weight excluding hydrogens is 440 g/mol. The molecule has 0 bridgehead atoms. The number of carbonyl (C=O) groups excluding carboxylic acids is 2. The lowest BCUT2D eigenvalue weighted by molar-refractivity contribution is -0.139. The van der Waals surface area contributed by atoms with Crippen molar-refractivity contribution < 1.29 is 18.7 Å². The number of esters is 1. The monoisotopic (exact) mass is 460 g/mol. The molecule has 0 radical (unpaired) electrons. The maximum absolute atomic E-state index is 13.2. The first-order valence-corrected chi connectivity index (χ1v) is 10.6. The molecule has 4 heterocycles. The van der Waals surface area contributed by atoms with E-state index < -0.39 is 18.0 Å². The lowest BCUT2D eigenvalue weighted by Crippen LogP contribution is -2.47. The maximum atomic E-state index is 13.2. The molecule has 0 unspecified atom stereocenters.